The number of hydrogen-bond donors (Lipinski definition) is 1. The second kappa shape index (κ2) is 7.45. The highest BCUT2D eigenvalue weighted by atomic mass is 35.5. The van der Waals surface area contributed by atoms with Crippen LogP contribution in [0.3, 0.4) is 0 Å². The van der Waals surface area contributed by atoms with E-state index in [4.69, 9.17) is 26.2 Å². The Morgan fingerprint density at radius 2 is 2.20 bits per heavy atom. The van der Waals surface area contributed by atoms with Crippen molar-refractivity contribution in [2.24, 2.45) is 0 Å². The lowest BCUT2D eigenvalue weighted by atomic mass is 10.2. The van der Waals surface area contributed by atoms with Crippen LogP contribution in [0, 0.1) is 0 Å². The van der Waals surface area contributed by atoms with E-state index < -0.39 is 0 Å². The highest BCUT2D eigenvalue weighted by Gasteiger charge is 2.23. The fraction of sp³-hybridized carbons (Fsp3) is 0.316. The molecule has 0 saturated carbocycles. The second-order valence-corrected chi connectivity index (χ2v) is 7.05. The van der Waals surface area contributed by atoms with E-state index in [2.05, 4.69) is 25.4 Å². The van der Waals surface area contributed by atoms with Gasteiger partial charge in [0.05, 0.1) is 24.8 Å². The van der Waals surface area contributed by atoms with Crippen LogP contribution in [0.25, 0.3) is 16.7 Å². The predicted molar refractivity (Wildman–Crippen MR) is 111 cm³/mol. The maximum atomic E-state index is 6.23. The Hall–Kier alpha value is -3.40. The first kappa shape index (κ1) is 18.6. The molecule has 0 saturated heterocycles. The van der Waals surface area contributed by atoms with Gasteiger partial charge in [-0.15, -0.1) is 5.10 Å². The van der Waals surface area contributed by atoms with Crippen LogP contribution in [0.2, 0.25) is 5.15 Å². The Morgan fingerprint density at radius 1 is 1.30 bits per heavy atom. The normalized spacial score (nSPS) is 13.4. The van der Waals surface area contributed by atoms with Crippen LogP contribution in [0.5, 0.6) is 11.8 Å². The van der Waals surface area contributed by atoms with E-state index in [0.717, 1.165) is 17.8 Å². The van der Waals surface area contributed by atoms with Gasteiger partial charge in [0.15, 0.2) is 10.8 Å². The first-order valence-corrected chi connectivity index (χ1v) is 9.97. The molecule has 1 aliphatic rings. The molecule has 0 radical (unpaired) electrons. The second-order valence-electron chi connectivity index (χ2n) is 6.70. The van der Waals surface area contributed by atoms with Gasteiger partial charge in [-0.2, -0.15) is 10.1 Å². The number of rotatable bonds is 3. The van der Waals surface area contributed by atoms with E-state index in [1.165, 1.54) is 0 Å². The standard InChI is InChI=1S/C19H19ClN8O2/c1-3-12-14-18(26-28(12)13-6-4-7-21-17(13)29-2)30-9-5-8-27-16-11(15(20)25-27)10-22-19(23-14)24-16/h4,6-7,10H,3,5,8-9H2,1-2H3,(H,22,23,24). The molecule has 4 aromatic rings. The minimum absolute atomic E-state index is 0.390. The lowest BCUT2D eigenvalue weighted by Gasteiger charge is -2.10. The number of pyridine rings is 1. The van der Waals surface area contributed by atoms with E-state index in [9.17, 15) is 0 Å². The zero-order valence-electron chi connectivity index (χ0n) is 16.5. The van der Waals surface area contributed by atoms with Gasteiger partial charge in [-0.25, -0.2) is 19.3 Å². The third-order valence-corrected chi connectivity index (χ3v) is 5.17. The molecule has 0 aromatic carbocycles. The molecular formula is C19H19ClN8O2. The molecule has 30 heavy (non-hydrogen) atoms. The van der Waals surface area contributed by atoms with Crippen LogP contribution in [-0.2, 0) is 13.0 Å². The summed E-state index contributed by atoms with van der Waals surface area (Å²) < 4.78 is 15.0. The van der Waals surface area contributed by atoms with Crippen molar-refractivity contribution >= 4 is 34.3 Å². The molecule has 0 amide bonds. The lowest BCUT2D eigenvalue weighted by Crippen LogP contribution is -2.08. The van der Waals surface area contributed by atoms with Crippen LogP contribution in [0.15, 0.2) is 24.5 Å². The first-order valence-electron chi connectivity index (χ1n) is 9.59. The molecule has 0 atom stereocenters. The summed E-state index contributed by atoms with van der Waals surface area (Å²) in [5, 5.41) is 13.4. The van der Waals surface area contributed by atoms with Gasteiger partial charge >= 0.3 is 0 Å². The molecule has 5 heterocycles. The maximum absolute atomic E-state index is 6.23. The Morgan fingerprint density at radius 3 is 3.03 bits per heavy atom. The SMILES string of the molecule is CCc1c2c(nn1-c1cccnc1OC)OCCCn1nc(Cl)c3cnc(nc31)N2. The molecule has 0 aliphatic carbocycles. The van der Waals surface area contributed by atoms with Crippen molar-refractivity contribution < 1.29 is 9.47 Å². The average molecular weight is 427 g/mol. The number of methoxy groups -OCH3 is 1. The number of ether oxygens (including phenoxy) is 2. The quantitative estimate of drug-likeness (QED) is 0.532. The fourth-order valence-corrected chi connectivity index (χ4v) is 3.74. The lowest BCUT2D eigenvalue weighted by molar-refractivity contribution is 0.288. The van der Waals surface area contributed by atoms with Gasteiger partial charge in [-0.3, -0.25) is 0 Å². The minimum atomic E-state index is 0.390. The topological polar surface area (TPSA) is 105 Å². The number of fused-ring (bicyclic) bond motifs is 2. The summed E-state index contributed by atoms with van der Waals surface area (Å²) in [5.41, 5.74) is 3.01. The van der Waals surface area contributed by atoms with Gasteiger partial charge in [0.1, 0.15) is 11.4 Å². The molecule has 0 spiro atoms. The highest BCUT2D eigenvalue weighted by molar-refractivity contribution is 6.34. The summed E-state index contributed by atoms with van der Waals surface area (Å²) >= 11 is 6.23. The van der Waals surface area contributed by atoms with Gasteiger partial charge < -0.3 is 14.8 Å². The fourth-order valence-electron chi connectivity index (χ4n) is 3.52. The molecule has 1 N–H and O–H groups in total. The van der Waals surface area contributed by atoms with E-state index in [0.29, 0.717) is 59.2 Å². The first-order chi connectivity index (χ1) is 14.7. The highest BCUT2D eigenvalue weighted by Crippen LogP contribution is 2.35. The number of halogens is 1. The molecule has 154 valence electrons. The molecule has 5 rings (SSSR count). The molecule has 4 aromatic heterocycles. The minimum Gasteiger partial charge on any atom is -0.479 e. The zero-order valence-corrected chi connectivity index (χ0v) is 17.2. The third kappa shape index (κ3) is 3.00. The number of nitrogens with zero attached hydrogens (tertiary/aromatic N) is 7. The van der Waals surface area contributed by atoms with Crippen molar-refractivity contribution in [1.29, 1.82) is 0 Å². The molecule has 11 heteroatoms. The van der Waals surface area contributed by atoms with Crippen LogP contribution in [0.1, 0.15) is 19.0 Å². The summed E-state index contributed by atoms with van der Waals surface area (Å²) in [5.74, 6) is 1.36. The Kier molecular flexibility index (Phi) is 4.62. The van der Waals surface area contributed by atoms with E-state index in [1.807, 2.05) is 19.1 Å². The van der Waals surface area contributed by atoms with Crippen LogP contribution >= 0.6 is 11.6 Å². The van der Waals surface area contributed by atoms with Crippen molar-refractivity contribution in [3.63, 3.8) is 0 Å². The largest absolute Gasteiger partial charge is 0.479 e. The van der Waals surface area contributed by atoms with Crippen LogP contribution in [-0.4, -0.2) is 48.2 Å². The molecule has 0 unspecified atom stereocenters. The summed E-state index contributed by atoms with van der Waals surface area (Å²) in [4.78, 5) is 13.3. The summed E-state index contributed by atoms with van der Waals surface area (Å²) in [6, 6.07) is 3.74. The predicted octanol–water partition coefficient (Wildman–Crippen LogP) is 3.16. The van der Waals surface area contributed by atoms with Crippen LogP contribution < -0.4 is 14.8 Å². The van der Waals surface area contributed by atoms with E-state index in [-0.39, 0.29) is 0 Å². The summed E-state index contributed by atoms with van der Waals surface area (Å²) in [6.45, 7) is 3.12. The Labute approximate surface area is 176 Å². The average Bonchev–Trinajstić information content (AvgIpc) is 3.27. The van der Waals surface area contributed by atoms with Gasteiger partial charge in [-0.05, 0) is 18.6 Å². The number of aromatic nitrogens is 7. The monoisotopic (exact) mass is 426 g/mol. The number of aryl methyl sites for hydroxylation is 1. The zero-order chi connectivity index (χ0) is 20.7. The molecule has 2 bridgehead atoms. The van der Waals surface area contributed by atoms with Crippen molar-refractivity contribution in [3.8, 4) is 17.4 Å². The summed E-state index contributed by atoms with van der Waals surface area (Å²) in [6.07, 6.45) is 4.76. The van der Waals surface area contributed by atoms with E-state index >= 15 is 0 Å². The number of nitrogens with one attached hydrogen (secondary N) is 1. The number of anilines is 2. The maximum Gasteiger partial charge on any atom is 0.257 e. The Bertz CT molecular complexity index is 1230. The molecule has 0 fully saturated rings. The Balaban J connectivity index is 1.67. The summed E-state index contributed by atoms with van der Waals surface area (Å²) in [7, 11) is 1.58. The molecule has 1 aliphatic heterocycles. The van der Waals surface area contributed by atoms with Crippen LogP contribution in [0.4, 0.5) is 11.6 Å². The third-order valence-electron chi connectivity index (χ3n) is 4.89. The molecular weight excluding hydrogens is 408 g/mol. The molecule has 10 nitrogen and oxygen atoms in total. The van der Waals surface area contributed by atoms with Gasteiger partial charge in [0.2, 0.25) is 11.8 Å². The van der Waals surface area contributed by atoms with Crippen molar-refractivity contribution in [3.05, 3.63) is 35.4 Å². The smallest absolute Gasteiger partial charge is 0.257 e. The van der Waals surface area contributed by atoms with Crippen molar-refractivity contribution in [2.45, 2.75) is 26.3 Å². The van der Waals surface area contributed by atoms with Gasteiger partial charge in [0, 0.05) is 25.4 Å². The van der Waals surface area contributed by atoms with E-state index in [1.54, 1.807) is 28.9 Å². The van der Waals surface area contributed by atoms with Gasteiger partial charge in [0.25, 0.3) is 5.88 Å². The van der Waals surface area contributed by atoms with Gasteiger partial charge in [-0.1, -0.05) is 18.5 Å². The van der Waals surface area contributed by atoms with Crippen molar-refractivity contribution in [2.75, 3.05) is 19.0 Å². The van der Waals surface area contributed by atoms with Crippen molar-refractivity contribution in [1.82, 2.24) is 34.5 Å². The number of hydrogen-bond acceptors (Lipinski definition) is 8.